The average molecular weight is 314 g/mol. The molecule has 8 nitrogen and oxygen atoms in total. The van der Waals surface area contributed by atoms with Crippen molar-refractivity contribution in [1.29, 1.82) is 0 Å². The molecule has 1 N–H and O–H groups in total. The molecule has 2 aromatic rings. The number of nitro groups is 1. The number of pyridine rings is 1. The van der Waals surface area contributed by atoms with Gasteiger partial charge in [0.25, 0.3) is 0 Å². The molecule has 0 bridgehead atoms. The van der Waals surface area contributed by atoms with Gasteiger partial charge >= 0.3 is 11.7 Å². The summed E-state index contributed by atoms with van der Waals surface area (Å²) < 4.78 is 33.4. The Labute approximate surface area is 120 Å². The fourth-order valence-corrected chi connectivity index (χ4v) is 2.16. The molecule has 0 amide bonds. The number of aromatic nitrogens is 1. The van der Waals surface area contributed by atoms with Gasteiger partial charge in [-0.05, 0) is 0 Å². The molecule has 0 saturated carbocycles. The van der Waals surface area contributed by atoms with E-state index in [-0.39, 0.29) is 0 Å². The lowest BCUT2D eigenvalue weighted by Gasteiger charge is -2.12. The van der Waals surface area contributed by atoms with Crippen molar-refractivity contribution in [3.63, 3.8) is 0 Å². The van der Waals surface area contributed by atoms with Crippen LogP contribution in [-0.4, -0.2) is 27.7 Å². The smallest absolute Gasteiger partial charge is 0.341 e. The molecule has 1 heterocycles. The number of halogens is 2. The quantitative estimate of drug-likeness (QED) is 0.677. The summed E-state index contributed by atoms with van der Waals surface area (Å²) in [7, 11) is 2.20. The Kier molecular flexibility index (Phi) is 3.53. The van der Waals surface area contributed by atoms with Gasteiger partial charge in [0, 0.05) is 13.2 Å². The lowest BCUT2D eigenvalue weighted by molar-refractivity contribution is -0.386. The highest BCUT2D eigenvalue weighted by molar-refractivity contribution is 5.98. The van der Waals surface area contributed by atoms with Crippen LogP contribution in [0.2, 0.25) is 0 Å². The summed E-state index contributed by atoms with van der Waals surface area (Å²) in [6.45, 7) is 0. The van der Waals surface area contributed by atoms with Gasteiger partial charge in [0.15, 0.2) is 5.75 Å². The zero-order valence-corrected chi connectivity index (χ0v) is 11.2. The molecule has 0 unspecified atom stereocenters. The fraction of sp³-hybridized carbons (Fsp3) is 0.167. The number of methoxy groups -OCH3 is 1. The van der Waals surface area contributed by atoms with E-state index in [1.165, 1.54) is 7.05 Å². The summed E-state index contributed by atoms with van der Waals surface area (Å²) in [6, 6.07) is 0. The predicted octanol–water partition coefficient (Wildman–Crippen LogP) is 1.43. The Balaban J connectivity index is 3.26. The van der Waals surface area contributed by atoms with E-state index >= 15 is 0 Å². The van der Waals surface area contributed by atoms with Crippen molar-refractivity contribution in [3.8, 4) is 5.75 Å². The van der Waals surface area contributed by atoms with Crippen LogP contribution in [0.25, 0.3) is 10.9 Å². The number of carbonyl (C=O) groups is 1. The van der Waals surface area contributed by atoms with Crippen molar-refractivity contribution in [1.82, 2.24) is 4.57 Å². The number of ether oxygens (including phenoxy) is 1. The van der Waals surface area contributed by atoms with Crippen molar-refractivity contribution in [2.75, 3.05) is 7.11 Å². The lowest BCUT2D eigenvalue weighted by Crippen LogP contribution is -2.20. The number of hydrogen-bond donors (Lipinski definition) is 1. The topological polar surface area (TPSA) is 112 Å². The lowest BCUT2D eigenvalue weighted by atomic mass is 10.1. The Morgan fingerprint density at radius 2 is 2.00 bits per heavy atom. The molecule has 22 heavy (non-hydrogen) atoms. The average Bonchev–Trinajstić information content (AvgIpc) is 2.43. The van der Waals surface area contributed by atoms with E-state index in [9.17, 15) is 28.5 Å². The molecule has 0 saturated heterocycles. The summed E-state index contributed by atoms with van der Waals surface area (Å²) in [4.78, 5) is 32.9. The van der Waals surface area contributed by atoms with E-state index in [4.69, 9.17) is 5.11 Å². The maximum atomic E-state index is 13.9. The Bertz CT molecular complexity index is 890. The molecule has 0 spiro atoms. The van der Waals surface area contributed by atoms with Gasteiger partial charge in [-0.15, -0.1) is 0 Å². The van der Waals surface area contributed by atoms with E-state index in [0.717, 1.165) is 17.9 Å². The number of hydrogen-bond acceptors (Lipinski definition) is 5. The standard InChI is InChI=1S/C12H8F2N2O6/c1-15-3-4(12(18)19)10(17)5-8(16(20)21)6(13)7(14)11(22-2)9(5)15/h3H,1-2H3,(H,18,19). The van der Waals surface area contributed by atoms with Crippen LogP contribution in [0.3, 0.4) is 0 Å². The number of carboxylic acids is 1. The van der Waals surface area contributed by atoms with Crippen LogP contribution in [0, 0.1) is 21.7 Å². The van der Waals surface area contributed by atoms with Crippen LogP contribution >= 0.6 is 0 Å². The molecule has 0 atom stereocenters. The van der Waals surface area contributed by atoms with Crippen LogP contribution in [-0.2, 0) is 7.05 Å². The Hall–Kier alpha value is -3.04. The minimum Gasteiger partial charge on any atom is -0.491 e. The number of benzene rings is 1. The molecular weight excluding hydrogens is 306 g/mol. The SMILES string of the molecule is COc1c(F)c(F)c([N+](=O)[O-])c2c(=O)c(C(=O)O)cn(C)c12. The van der Waals surface area contributed by atoms with Gasteiger partial charge in [0.1, 0.15) is 16.5 Å². The minimum absolute atomic E-state index is 0.414. The highest BCUT2D eigenvalue weighted by Gasteiger charge is 2.32. The van der Waals surface area contributed by atoms with Gasteiger partial charge in [-0.1, -0.05) is 0 Å². The largest absolute Gasteiger partial charge is 0.491 e. The summed E-state index contributed by atoms with van der Waals surface area (Å²) in [6.07, 6.45) is 0.844. The molecule has 1 aromatic carbocycles. The van der Waals surface area contributed by atoms with Gasteiger partial charge in [0.2, 0.25) is 17.1 Å². The maximum absolute atomic E-state index is 13.9. The summed E-state index contributed by atoms with van der Waals surface area (Å²) in [5.41, 5.74) is -3.96. The van der Waals surface area contributed by atoms with Gasteiger partial charge in [0.05, 0.1) is 12.0 Å². The second-order valence-corrected chi connectivity index (χ2v) is 4.28. The number of nitrogens with zero attached hydrogens (tertiary/aromatic N) is 2. The Morgan fingerprint density at radius 3 is 2.45 bits per heavy atom. The van der Waals surface area contributed by atoms with Gasteiger partial charge < -0.3 is 14.4 Å². The molecule has 0 aliphatic heterocycles. The molecule has 1 aromatic heterocycles. The molecule has 116 valence electrons. The first-order chi connectivity index (χ1) is 10.2. The van der Waals surface area contributed by atoms with E-state index < -0.39 is 55.9 Å². The van der Waals surface area contributed by atoms with Crippen molar-refractivity contribution in [3.05, 3.63) is 43.7 Å². The first-order valence-electron chi connectivity index (χ1n) is 5.68. The van der Waals surface area contributed by atoms with Crippen molar-refractivity contribution < 1.29 is 28.3 Å². The van der Waals surface area contributed by atoms with Crippen LogP contribution in [0.1, 0.15) is 10.4 Å². The molecule has 0 aliphatic rings. The summed E-state index contributed by atoms with van der Waals surface area (Å²) >= 11 is 0. The second kappa shape index (κ2) is 5.06. The van der Waals surface area contributed by atoms with Crippen LogP contribution in [0.15, 0.2) is 11.0 Å². The van der Waals surface area contributed by atoms with Crippen LogP contribution in [0.4, 0.5) is 14.5 Å². The van der Waals surface area contributed by atoms with E-state index in [0.29, 0.717) is 0 Å². The maximum Gasteiger partial charge on any atom is 0.341 e. The third-order valence-electron chi connectivity index (χ3n) is 3.05. The fourth-order valence-electron chi connectivity index (χ4n) is 2.16. The van der Waals surface area contributed by atoms with Crippen LogP contribution in [0.5, 0.6) is 5.75 Å². The molecule has 0 aliphatic carbocycles. The van der Waals surface area contributed by atoms with Crippen molar-refractivity contribution >= 4 is 22.6 Å². The molecule has 0 fully saturated rings. The third kappa shape index (κ3) is 1.96. The predicted molar refractivity (Wildman–Crippen MR) is 69.3 cm³/mol. The minimum atomic E-state index is -1.89. The van der Waals surface area contributed by atoms with E-state index in [2.05, 4.69) is 4.74 Å². The second-order valence-electron chi connectivity index (χ2n) is 4.28. The molecular formula is C12H8F2N2O6. The van der Waals surface area contributed by atoms with E-state index in [1.807, 2.05) is 0 Å². The van der Waals surface area contributed by atoms with Gasteiger partial charge in [-0.3, -0.25) is 14.9 Å². The molecule has 10 heteroatoms. The number of aromatic carboxylic acids is 1. The Morgan fingerprint density at radius 1 is 1.41 bits per heavy atom. The first kappa shape index (κ1) is 15.4. The first-order valence-corrected chi connectivity index (χ1v) is 5.68. The van der Waals surface area contributed by atoms with Gasteiger partial charge in [-0.25, -0.2) is 4.79 Å². The van der Waals surface area contributed by atoms with E-state index in [1.54, 1.807) is 0 Å². The van der Waals surface area contributed by atoms with Crippen LogP contribution < -0.4 is 10.2 Å². The number of carboxylic acid groups (broad SMARTS) is 1. The highest BCUT2D eigenvalue weighted by atomic mass is 19.2. The number of aryl methyl sites for hydroxylation is 1. The zero-order valence-electron chi connectivity index (χ0n) is 11.2. The summed E-state index contributed by atoms with van der Waals surface area (Å²) in [5, 5.41) is 19.1. The van der Waals surface area contributed by atoms with Crippen molar-refractivity contribution in [2.24, 2.45) is 7.05 Å². The highest BCUT2D eigenvalue weighted by Crippen LogP contribution is 2.36. The monoisotopic (exact) mass is 314 g/mol. The third-order valence-corrected chi connectivity index (χ3v) is 3.05. The normalized spacial score (nSPS) is 10.7. The number of nitro benzene ring substituents is 1. The summed E-state index contributed by atoms with van der Waals surface area (Å²) in [5.74, 6) is -5.91. The number of fused-ring (bicyclic) bond motifs is 1. The number of rotatable bonds is 3. The van der Waals surface area contributed by atoms with Crippen molar-refractivity contribution in [2.45, 2.75) is 0 Å². The zero-order chi connectivity index (χ0) is 16.8. The van der Waals surface area contributed by atoms with Gasteiger partial charge in [-0.2, -0.15) is 8.78 Å². The molecule has 2 rings (SSSR count). The molecule has 0 radical (unpaired) electrons.